The predicted molar refractivity (Wildman–Crippen MR) is 34.2 cm³/mol. The van der Waals surface area contributed by atoms with Gasteiger partial charge in [0.25, 0.3) is 0 Å². The first-order valence-electron chi connectivity index (χ1n) is 2.93. The molecule has 0 radical (unpaired) electrons. The monoisotopic (exact) mass is 208 g/mol. The fraction of sp³-hybridized carbons (Fsp3) is 0.200. The smallest absolute Gasteiger partial charge is 0.449 e. The Morgan fingerprint density at radius 1 is 0.929 bits per heavy atom. The van der Waals surface area contributed by atoms with E-state index in [0.29, 0.717) is 0 Å². The van der Waals surface area contributed by atoms with Crippen molar-refractivity contribution in [3.8, 4) is 0 Å². The molecule has 0 fully saturated rings. The largest absolute Gasteiger partial charge is 0.528 e. The molecule has 0 atom stereocenters. The zero-order chi connectivity index (χ0) is 11.1. The number of aliphatic hydroxyl groups is 1. The van der Waals surface area contributed by atoms with E-state index in [9.17, 15) is 19.2 Å². The van der Waals surface area contributed by atoms with E-state index in [2.05, 4.69) is 14.2 Å². The summed E-state index contributed by atoms with van der Waals surface area (Å²) in [4.78, 5) is 40.4. The first-order chi connectivity index (χ1) is 6.45. The average molecular weight is 208 g/mol. The zero-order valence-electron chi connectivity index (χ0n) is 6.46. The molecule has 0 aliphatic carbocycles. The minimum absolute atomic E-state index is 1.09. The molecule has 2 N–H and O–H groups in total. The van der Waals surface area contributed by atoms with Crippen LogP contribution < -0.4 is 0 Å². The molecule has 0 rings (SSSR count). The van der Waals surface area contributed by atoms with Gasteiger partial charge in [0.15, 0.2) is 0 Å². The third kappa shape index (κ3) is 5.49. The number of ether oxygens (including phenoxy) is 3. The van der Waals surface area contributed by atoms with Gasteiger partial charge >= 0.3 is 24.4 Å². The summed E-state index contributed by atoms with van der Waals surface area (Å²) in [5.41, 5.74) is 0. The molecule has 0 heterocycles. The second kappa shape index (κ2) is 5.48. The molecule has 0 aliphatic rings. The molecule has 0 spiro atoms. The fourth-order valence-electron chi connectivity index (χ4n) is 0.306. The summed E-state index contributed by atoms with van der Waals surface area (Å²) in [5.74, 6) is -1.36. The lowest BCUT2D eigenvalue weighted by atomic mass is 10.7. The van der Waals surface area contributed by atoms with Crippen LogP contribution in [0.1, 0.15) is 0 Å². The molecule has 9 heteroatoms. The van der Waals surface area contributed by atoms with Crippen LogP contribution in [0, 0.1) is 0 Å². The van der Waals surface area contributed by atoms with E-state index in [-0.39, 0.29) is 0 Å². The van der Waals surface area contributed by atoms with Gasteiger partial charge in [-0.3, -0.25) is 0 Å². The Labute approximate surface area is 75.8 Å². The summed E-state index contributed by atoms with van der Waals surface area (Å²) in [6.07, 6.45) is -5.65. The highest BCUT2D eigenvalue weighted by Gasteiger charge is 2.18. The van der Waals surface area contributed by atoms with Gasteiger partial charge in [0.2, 0.25) is 0 Å². The van der Waals surface area contributed by atoms with Crippen LogP contribution in [-0.2, 0) is 19.0 Å². The summed E-state index contributed by atoms with van der Waals surface area (Å²) < 4.78 is 10.4. The second-order valence-corrected chi connectivity index (χ2v) is 1.60. The lowest BCUT2D eigenvalue weighted by Crippen LogP contribution is -2.21. The molecule has 0 unspecified atom stereocenters. The molecule has 0 aliphatic heterocycles. The van der Waals surface area contributed by atoms with Crippen molar-refractivity contribution in [1.29, 1.82) is 0 Å². The number of hydrogen-bond acceptors (Lipinski definition) is 8. The lowest BCUT2D eigenvalue weighted by Gasteiger charge is -1.99. The first kappa shape index (κ1) is 11.8. The van der Waals surface area contributed by atoms with E-state index < -0.39 is 31.0 Å². The minimum atomic E-state index is -1.99. The summed E-state index contributed by atoms with van der Waals surface area (Å²) in [6.45, 7) is -1.09. The molecule has 9 nitrogen and oxygen atoms in total. The van der Waals surface area contributed by atoms with Crippen molar-refractivity contribution in [3.05, 3.63) is 0 Å². The molecule has 0 bridgehead atoms. The van der Waals surface area contributed by atoms with Gasteiger partial charge in [-0.15, -0.1) is 0 Å². The van der Waals surface area contributed by atoms with Crippen molar-refractivity contribution in [2.24, 2.45) is 0 Å². The van der Waals surface area contributed by atoms with Gasteiger partial charge in [0, 0.05) is 0 Å². The maximum Gasteiger partial charge on any atom is 0.528 e. The Morgan fingerprint density at radius 2 is 1.43 bits per heavy atom. The summed E-state index contributed by atoms with van der Waals surface area (Å²) in [7, 11) is 0. The van der Waals surface area contributed by atoms with E-state index in [1.54, 1.807) is 0 Å². The highest BCUT2D eigenvalue weighted by molar-refractivity contribution is 5.88. The van der Waals surface area contributed by atoms with Crippen molar-refractivity contribution in [1.82, 2.24) is 0 Å². The van der Waals surface area contributed by atoms with E-state index in [1.807, 2.05) is 0 Å². The molecule has 0 aromatic carbocycles. The minimum Gasteiger partial charge on any atom is -0.449 e. The fourth-order valence-corrected chi connectivity index (χ4v) is 0.306. The maximum absolute atomic E-state index is 10.3. The van der Waals surface area contributed by atoms with Crippen LogP contribution in [0.15, 0.2) is 0 Å². The van der Waals surface area contributed by atoms with Crippen LogP contribution in [0.25, 0.3) is 0 Å². The predicted octanol–water partition coefficient (Wildman–Crippen LogP) is -0.527. The van der Waals surface area contributed by atoms with Crippen LogP contribution >= 0.6 is 0 Å². The number of rotatable bonds is 1. The van der Waals surface area contributed by atoms with Gasteiger partial charge in [-0.2, -0.15) is 0 Å². The Kier molecular flexibility index (Phi) is 4.63. The number of carbonyl (C=O) groups is 4. The molecule has 0 saturated carbocycles. The van der Waals surface area contributed by atoms with E-state index in [1.165, 1.54) is 0 Å². The van der Waals surface area contributed by atoms with Crippen molar-refractivity contribution >= 4 is 24.4 Å². The highest BCUT2D eigenvalue weighted by Crippen LogP contribution is 1.91. The highest BCUT2D eigenvalue weighted by atomic mass is 16.8. The van der Waals surface area contributed by atoms with Gasteiger partial charge in [-0.05, 0) is 0 Å². The Balaban J connectivity index is 3.88. The van der Waals surface area contributed by atoms with E-state index in [4.69, 9.17) is 10.2 Å². The van der Waals surface area contributed by atoms with Gasteiger partial charge in [0.1, 0.15) is 6.61 Å². The third-order valence-electron chi connectivity index (χ3n) is 0.664. The lowest BCUT2D eigenvalue weighted by molar-refractivity contribution is -0.142. The Morgan fingerprint density at radius 3 is 1.86 bits per heavy atom. The maximum atomic E-state index is 10.3. The van der Waals surface area contributed by atoms with E-state index >= 15 is 0 Å². The number of carbonyl (C=O) groups excluding carboxylic acids is 3. The molecule has 78 valence electrons. The Hall–Kier alpha value is -2.16. The number of aliphatic hydroxyl groups excluding tert-OH is 1. The zero-order valence-corrected chi connectivity index (χ0v) is 6.46. The third-order valence-corrected chi connectivity index (χ3v) is 0.664. The molecule has 0 saturated heterocycles. The molecular weight excluding hydrogens is 204 g/mol. The molecule has 0 aromatic rings. The number of esters is 1. The summed E-state index contributed by atoms with van der Waals surface area (Å²) in [6, 6.07) is 0. The van der Waals surface area contributed by atoms with Crippen molar-refractivity contribution in [2.45, 2.75) is 0 Å². The van der Waals surface area contributed by atoms with Gasteiger partial charge in [0.05, 0.1) is 0 Å². The van der Waals surface area contributed by atoms with E-state index in [0.717, 1.165) is 0 Å². The van der Waals surface area contributed by atoms with Crippen LogP contribution in [0.4, 0.5) is 14.4 Å². The second-order valence-electron chi connectivity index (χ2n) is 1.60. The van der Waals surface area contributed by atoms with Gasteiger partial charge in [-0.1, -0.05) is 0 Å². The number of hydrogen-bond donors (Lipinski definition) is 2. The van der Waals surface area contributed by atoms with Crippen LogP contribution in [0.3, 0.4) is 0 Å². The topological polar surface area (TPSA) is 136 Å². The van der Waals surface area contributed by atoms with Crippen molar-refractivity contribution in [3.63, 3.8) is 0 Å². The van der Waals surface area contributed by atoms with Crippen molar-refractivity contribution in [2.75, 3.05) is 6.61 Å². The normalized spacial score (nSPS) is 8.64. The quantitative estimate of drug-likeness (QED) is 0.430. The van der Waals surface area contributed by atoms with Crippen LogP contribution in [-0.4, -0.2) is 41.3 Å². The number of carboxylic acid groups (broad SMARTS) is 1. The molecular formula is C5H4O9. The van der Waals surface area contributed by atoms with Crippen molar-refractivity contribution < 1.29 is 43.6 Å². The Bertz CT molecular complexity index is 266. The SMILES string of the molecule is O=C(O)OC(=O)OC(=O)OC(=O)CO. The first-order valence-corrected chi connectivity index (χ1v) is 2.93. The summed E-state index contributed by atoms with van der Waals surface area (Å²) >= 11 is 0. The van der Waals surface area contributed by atoms with Gasteiger partial charge < -0.3 is 24.4 Å². The average Bonchev–Trinajstić information content (AvgIpc) is 2.01. The van der Waals surface area contributed by atoms with Crippen LogP contribution in [0.5, 0.6) is 0 Å². The van der Waals surface area contributed by atoms with Crippen LogP contribution in [0.2, 0.25) is 0 Å². The standard InChI is InChI=1S/C5H4O9/c6-1-2(7)12-4(10)14-5(11)13-3(8)9/h6H,1H2,(H,8,9). The summed E-state index contributed by atoms with van der Waals surface area (Å²) in [5, 5.41) is 15.9. The molecule has 14 heavy (non-hydrogen) atoms. The molecule has 0 amide bonds. The van der Waals surface area contributed by atoms with Gasteiger partial charge in [-0.25, -0.2) is 19.2 Å². The molecule has 0 aromatic heterocycles.